The molecule has 0 bridgehead atoms. The molecule has 2 fully saturated rings. The Morgan fingerprint density at radius 1 is 1.41 bits per heavy atom. The molecule has 0 aliphatic carbocycles. The van der Waals surface area contributed by atoms with Crippen LogP contribution in [-0.4, -0.2) is 41.1 Å². The van der Waals surface area contributed by atoms with Gasteiger partial charge in [-0.25, -0.2) is 12.8 Å². The molecule has 1 unspecified atom stereocenters. The summed E-state index contributed by atoms with van der Waals surface area (Å²) in [5.74, 6) is -0.655. The van der Waals surface area contributed by atoms with E-state index >= 15 is 0 Å². The largest absolute Gasteiger partial charge is 0.289 e. The average Bonchev–Trinajstić information content (AvgIpc) is 2.90. The highest BCUT2D eigenvalue weighted by atomic mass is 32.2. The standard InChI is InChI=1S/C14H12FNO3S3/c15-10-3-1-2-9(6-10)7-12-13(17)16(14(20)21-12)11-4-5-22(18,19)8-11/h1-3,6-7,11H,4-5,8H2/b12-7-. The quantitative estimate of drug-likeness (QED) is 0.600. The first kappa shape index (κ1) is 15.6. The van der Waals surface area contributed by atoms with Crippen molar-refractivity contribution in [1.29, 1.82) is 0 Å². The Balaban J connectivity index is 1.86. The molecule has 2 aliphatic heterocycles. The van der Waals surface area contributed by atoms with Crippen molar-refractivity contribution < 1.29 is 17.6 Å². The van der Waals surface area contributed by atoms with Gasteiger partial charge in [0, 0.05) is 0 Å². The van der Waals surface area contributed by atoms with E-state index in [9.17, 15) is 17.6 Å². The number of hydrogen-bond acceptors (Lipinski definition) is 5. The molecule has 8 heteroatoms. The summed E-state index contributed by atoms with van der Waals surface area (Å²) in [5, 5.41) is 0. The minimum atomic E-state index is -3.09. The van der Waals surface area contributed by atoms with Gasteiger partial charge in [0.15, 0.2) is 9.84 Å². The minimum Gasteiger partial charge on any atom is -0.289 e. The maximum atomic E-state index is 13.2. The van der Waals surface area contributed by atoms with E-state index in [2.05, 4.69) is 0 Å². The maximum Gasteiger partial charge on any atom is 0.266 e. The van der Waals surface area contributed by atoms with Crippen LogP contribution in [0.1, 0.15) is 12.0 Å². The molecule has 2 saturated heterocycles. The predicted molar refractivity (Wildman–Crippen MR) is 88.5 cm³/mol. The lowest BCUT2D eigenvalue weighted by Crippen LogP contribution is -2.39. The lowest BCUT2D eigenvalue weighted by Gasteiger charge is -2.20. The van der Waals surface area contributed by atoms with Gasteiger partial charge in [-0.05, 0) is 30.2 Å². The third-order valence-corrected chi connectivity index (χ3v) is 6.62. The first-order chi connectivity index (χ1) is 10.4. The Labute approximate surface area is 137 Å². The highest BCUT2D eigenvalue weighted by Crippen LogP contribution is 2.36. The van der Waals surface area contributed by atoms with Gasteiger partial charge in [0.25, 0.3) is 5.91 Å². The first-order valence-corrected chi connectivity index (χ1v) is 9.63. The highest BCUT2D eigenvalue weighted by molar-refractivity contribution is 8.26. The van der Waals surface area contributed by atoms with Crippen molar-refractivity contribution in [1.82, 2.24) is 4.90 Å². The molecule has 1 aromatic rings. The van der Waals surface area contributed by atoms with E-state index in [1.54, 1.807) is 18.2 Å². The summed E-state index contributed by atoms with van der Waals surface area (Å²) in [6.07, 6.45) is 1.98. The molecule has 4 nitrogen and oxygen atoms in total. The molecule has 1 atom stereocenters. The summed E-state index contributed by atoms with van der Waals surface area (Å²) >= 11 is 6.33. The molecule has 0 N–H and O–H groups in total. The van der Waals surface area contributed by atoms with Crippen molar-refractivity contribution in [3.8, 4) is 0 Å². The van der Waals surface area contributed by atoms with Gasteiger partial charge >= 0.3 is 0 Å². The number of carbonyl (C=O) groups excluding carboxylic acids is 1. The van der Waals surface area contributed by atoms with Crippen molar-refractivity contribution in [2.45, 2.75) is 12.5 Å². The zero-order valence-corrected chi connectivity index (χ0v) is 13.8. The van der Waals surface area contributed by atoms with Gasteiger partial charge in [0.1, 0.15) is 10.1 Å². The number of thioether (sulfide) groups is 1. The summed E-state index contributed by atoms with van der Waals surface area (Å²) in [4.78, 5) is 14.2. The number of benzene rings is 1. The van der Waals surface area contributed by atoms with E-state index in [1.165, 1.54) is 17.0 Å². The van der Waals surface area contributed by atoms with Crippen LogP contribution in [0.3, 0.4) is 0 Å². The Bertz CT molecular complexity index is 788. The molecule has 0 saturated carbocycles. The summed E-state index contributed by atoms with van der Waals surface area (Å²) < 4.78 is 36.7. The van der Waals surface area contributed by atoms with Crippen LogP contribution in [0.25, 0.3) is 6.08 Å². The average molecular weight is 357 g/mol. The van der Waals surface area contributed by atoms with Crippen LogP contribution in [0.4, 0.5) is 4.39 Å². The van der Waals surface area contributed by atoms with E-state index in [0.29, 0.717) is 21.2 Å². The number of carbonyl (C=O) groups is 1. The fourth-order valence-corrected chi connectivity index (χ4v) is 5.62. The summed E-state index contributed by atoms with van der Waals surface area (Å²) in [6, 6.07) is 5.51. The van der Waals surface area contributed by atoms with Crippen LogP contribution in [0.15, 0.2) is 29.2 Å². The minimum absolute atomic E-state index is 0.0489. The molecule has 0 radical (unpaired) electrons. The number of amides is 1. The second-order valence-electron chi connectivity index (χ2n) is 5.16. The predicted octanol–water partition coefficient (Wildman–Crippen LogP) is 2.21. The van der Waals surface area contributed by atoms with Gasteiger partial charge in [-0.1, -0.05) is 36.1 Å². The molecule has 0 aromatic heterocycles. The second-order valence-corrected chi connectivity index (χ2v) is 9.07. The SMILES string of the molecule is O=C1/C(=C/c2cccc(F)c2)SC(=S)N1C1CCS(=O)(=O)C1. The molecule has 22 heavy (non-hydrogen) atoms. The van der Waals surface area contributed by atoms with Crippen molar-refractivity contribution in [2.75, 3.05) is 11.5 Å². The maximum absolute atomic E-state index is 13.2. The molecule has 0 spiro atoms. The van der Waals surface area contributed by atoms with E-state index in [-0.39, 0.29) is 23.2 Å². The molecule has 2 aliphatic rings. The molecular formula is C14H12FNO3S3. The monoisotopic (exact) mass is 357 g/mol. The van der Waals surface area contributed by atoms with Gasteiger partial charge < -0.3 is 0 Å². The number of thiocarbonyl (C=S) groups is 1. The van der Waals surface area contributed by atoms with Crippen molar-refractivity contribution in [2.24, 2.45) is 0 Å². The third kappa shape index (κ3) is 3.09. The molecule has 1 aromatic carbocycles. The molecular weight excluding hydrogens is 345 g/mol. The van der Waals surface area contributed by atoms with Crippen molar-refractivity contribution in [3.05, 3.63) is 40.6 Å². The molecule has 3 rings (SSSR count). The van der Waals surface area contributed by atoms with Crippen LogP contribution in [0.5, 0.6) is 0 Å². The lowest BCUT2D eigenvalue weighted by molar-refractivity contribution is -0.123. The summed E-state index contributed by atoms with van der Waals surface area (Å²) in [5.41, 5.74) is 0.569. The lowest BCUT2D eigenvalue weighted by atomic mass is 10.2. The molecule has 116 valence electrons. The van der Waals surface area contributed by atoms with Crippen LogP contribution >= 0.6 is 24.0 Å². The van der Waals surface area contributed by atoms with Gasteiger partial charge in [-0.15, -0.1) is 0 Å². The summed E-state index contributed by atoms with van der Waals surface area (Å²) in [6.45, 7) is 0. The first-order valence-electron chi connectivity index (χ1n) is 6.59. The van der Waals surface area contributed by atoms with Crippen molar-refractivity contribution in [3.63, 3.8) is 0 Å². The molecule has 2 heterocycles. The number of nitrogens with zero attached hydrogens (tertiary/aromatic N) is 1. The topological polar surface area (TPSA) is 54.5 Å². The number of halogens is 1. The van der Waals surface area contributed by atoms with Crippen LogP contribution in [0.2, 0.25) is 0 Å². The van der Waals surface area contributed by atoms with E-state index < -0.39 is 15.9 Å². The second kappa shape index (κ2) is 5.75. The van der Waals surface area contributed by atoms with Crippen LogP contribution in [-0.2, 0) is 14.6 Å². The Morgan fingerprint density at radius 3 is 2.82 bits per heavy atom. The van der Waals surface area contributed by atoms with Gasteiger partial charge in [-0.3, -0.25) is 9.69 Å². The van der Waals surface area contributed by atoms with E-state index in [4.69, 9.17) is 12.2 Å². The Morgan fingerprint density at radius 2 is 2.18 bits per heavy atom. The van der Waals surface area contributed by atoms with Gasteiger partial charge in [-0.2, -0.15) is 0 Å². The van der Waals surface area contributed by atoms with Gasteiger partial charge in [0.2, 0.25) is 0 Å². The Kier molecular flexibility index (Phi) is 4.09. The van der Waals surface area contributed by atoms with Crippen LogP contribution in [0, 0.1) is 5.82 Å². The number of hydrogen-bond donors (Lipinski definition) is 0. The highest BCUT2D eigenvalue weighted by Gasteiger charge is 2.42. The van der Waals surface area contributed by atoms with Gasteiger partial charge in [0.05, 0.1) is 22.5 Å². The van der Waals surface area contributed by atoms with Crippen LogP contribution < -0.4 is 0 Å². The van der Waals surface area contributed by atoms with E-state index in [0.717, 1.165) is 11.8 Å². The fourth-order valence-electron chi connectivity index (χ4n) is 2.52. The zero-order valence-electron chi connectivity index (χ0n) is 11.4. The number of rotatable bonds is 2. The zero-order chi connectivity index (χ0) is 15.9. The fraction of sp³-hybridized carbons (Fsp3) is 0.286. The Hall–Kier alpha value is -1.25. The number of sulfone groups is 1. The van der Waals surface area contributed by atoms with Crippen molar-refractivity contribution >= 4 is 50.1 Å². The van der Waals surface area contributed by atoms with E-state index in [1.807, 2.05) is 0 Å². The third-order valence-electron chi connectivity index (χ3n) is 3.54. The normalized spacial score (nSPS) is 26.1. The summed E-state index contributed by atoms with van der Waals surface area (Å²) in [7, 11) is -3.09. The smallest absolute Gasteiger partial charge is 0.266 e. The molecule has 1 amide bonds.